The normalized spacial score (nSPS) is 20.2. The molecule has 0 spiro atoms. The Hall–Kier alpha value is -5.85. The van der Waals surface area contributed by atoms with Crippen molar-refractivity contribution in [3.8, 4) is 0 Å². The van der Waals surface area contributed by atoms with Gasteiger partial charge in [0.1, 0.15) is 40.3 Å². The fraction of sp³-hybridized carbons (Fsp3) is 0.512. The van der Waals surface area contributed by atoms with Crippen molar-refractivity contribution < 1.29 is 19.1 Å². The number of likely N-dealkylation sites (tertiary alicyclic amines) is 1. The van der Waals surface area contributed by atoms with Crippen LogP contribution in [0.3, 0.4) is 0 Å². The smallest absolute Gasteiger partial charge is 0.410 e. The molecule has 3 amide bonds. The zero-order valence-corrected chi connectivity index (χ0v) is 35.8. The molecule has 4 aliphatic heterocycles. The van der Waals surface area contributed by atoms with E-state index in [-0.39, 0.29) is 18.2 Å². The largest absolute Gasteiger partial charge is 0.444 e. The molecule has 2 fully saturated rings. The molecular formula is C43H58N14O4. The van der Waals surface area contributed by atoms with Crippen molar-refractivity contribution in [1.82, 2.24) is 49.9 Å². The van der Waals surface area contributed by atoms with Gasteiger partial charge in [0.05, 0.1) is 22.5 Å². The van der Waals surface area contributed by atoms with Crippen molar-refractivity contribution in [2.24, 2.45) is 11.5 Å². The van der Waals surface area contributed by atoms with Crippen molar-refractivity contribution in [3.63, 3.8) is 0 Å². The van der Waals surface area contributed by atoms with Gasteiger partial charge in [-0.3, -0.25) is 9.59 Å². The summed E-state index contributed by atoms with van der Waals surface area (Å²) < 4.78 is 5.54. The van der Waals surface area contributed by atoms with E-state index in [9.17, 15) is 14.4 Å². The number of aromatic nitrogens is 6. The maximum Gasteiger partial charge on any atom is 0.410 e. The standard InChI is InChI=1S/C24H33N7O3.C19H25N7O/c1-24(2,3)34-23(33)31-9-5-6-16(13-31)28-22-20-19(26-14-27-22)17(21(25)32)12-18(29-20)15-7-10-30(4)11-8-15;1-26-7-4-12(5-8-26)15-9-14(18(20)27)16-17(25-15)19(23-11-22-16)24-13-3-2-6-21-10-13/h7,12,14,16H,5-6,8-11,13H2,1-4H3,(H2,25,32)(H,26,27,28);4,9,11,13,21H,2-3,5-8,10H2,1H3,(H2,20,27)(H,22,23,24)/t16-;13-/m00/s1. The first kappa shape index (κ1) is 43.2. The highest BCUT2D eigenvalue weighted by atomic mass is 16.6. The van der Waals surface area contributed by atoms with Crippen molar-refractivity contribution in [2.45, 2.75) is 77.0 Å². The van der Waals surface area contributed by atoms with Crippen LogP contribution >= 0.6 is 0 Å². The lowest BCUT2D eigenvalue weighted by molar-refractivity contribution is 0.0206. The number of fused-ring (bicyclic) bond motifs is 2. The highest BCUT2D eigenvalue weighted by Crippen LogP contribution is 2.30. The van der Waals surface area contributed by atoms with E-state index < -0.39 is 17.4 Å². The lowest BCUT2D eigenvalue weighted by Crippen LogP contribution is -2.47. The summed E-state index contributed by atoms with van der Waals surface area (Å²) in [5.41, 5.74) is 17.2. The second kappa shape index (κ2) is 18.8. The topological polar surface area (TPSA) is 236 Å². The van der Waals surface area contributed by atoms with Crippen LogP contribution in [0.15, 0.2) is 36.9 Å². The van der Waals surface area contributed by atoms with E-state index in [1.165, 1.54) is 12.7 Å². The third-order valence-corrected chi connectivity index (χ3v) is 11.2. The van der Waals surface area contributed by atoms with Gasteiger partial charge in [0.25, 0.3) is 11.8 Å². The number of hydrogen-bond donors (Lipinski definition) is 5. The Morgan fingerprint density at radius 3 is 1.72 bits per heavy atom. The van der Waals surface area contributed by atoms with Crippen LogP contribution in [0.2, 0.25) is 0 Å². The number of anilines is 2. The van der Waals surface area contributed by atoms with Gasteiger partial charge in [-0.2, -0.15) is 0 Å². The zero-order valence-electron chi connectivity index (χ0n) is 35.8. The Bertz CT molecular complexity index is 2340. The van der Waals surface area contributed by atoms with Gasteiger partial charge in [-0.15, -0.1) is 0 Å². The molecule has 18 heteroatoms. The Labute approximate surface area is 356 Å². The first-order chi connectivity index (χ1) is 29.2. The van der Waals surface area contributed by atoms with E-state index in [0.717, 1.165) is 94.6 Å². The van der Waals surface area contributed by atoms with Gasteiger partial charge in [-0.05, 0) is 103 Å². The molecule has 4 aromatic rings. The van der Waals surface area contributed by atoms with Crippen LogP contribution < -0.4 is 27.4 Å². The van der Waals surface area contributed by atoms with Crippen LogP contribution in [0.1, 0.15) is 91.4 Å². The Morgan fingerprint density at radius 1 is 0.738 bits per heavy atom. The highest BCUT2D eigenvalue weighted by molar-refractivity contribution is 6.07. The van der Waals surface area contributed by atoms with E-state index in [1.54, 1.807) is 17.0 Å². The Kier molecular flexibility index (Phi) is 13.3. The maximum atomic E-state index is 12.6. The molecule has 0 aliphatic carbocycles. The van der Waals surface area contributed by atoms with Crippen LogP contribution in [0.4, 0.5) is 16.4 Å². The van der Waals surface area contributed by atoms with Crippen LogP contribution in [-0.4, -0.2) is 147 Å². The third-order valence-electron chi connectivity index (χ3n) is 11.2. The molecule has 0 radical (unpaired) electrons. The van der Waals surface area contributed by atoms with E-state index in [0.29, 0.717) is 63.6 Å². The monoisotopic (exact) mass is 834 g/mol. The summed E-state index contributed by atoms with van der Waals surface area (Å²) >= 11 is 0. The van der Waals surface area contributed by atoms with Gasteiger partial charge >= 0.3 is 6.09 Å². The number of pyridine rings is 2. The molecule has 0 aromatic carbocycles. The molecule has 8 heterocycles. The molecule has 4 aliphatic rings. The zero-order chi connectivity index (χ0) is 43.3. The molecule has 2 saturated heterocycles. The maximum absolute atomic E-state index is 12.6. The molecular weight excluding hydrogens is 777 g/mol. The summed E-state index contributed by atoms with van der Waals surface area (Å²) in [6.45, 7) is 12.2. The molecule has 18 nitrogen and oxygen atoms in total. The summed E-state index contributed by atoms with van der Waals surface area (Å²) in [4.78, 5) is 70.2. The van der Waals surface area contributed by atoms with E-state index in [4.69, 9.17) is 26.2 Å². The van der Waals surface area contributed by atoms with Crippen molar-refractivity contribution in [1.29, 1.82) is 0 Å². The highest BCUT2D eigenvalue weighted by Gasteiger charge is 2.29. The molecule has 0 bridgehead atoms. The van der Waals surface area contributed by atoms with E-state index in [1.807, 2.05) is 20.8 Å². The van der Waals surface area contributed by atoms with Crippen molar-refractivity contribution >= 4 is 62.8 Å². The van der Waals surface area contributed by atoms with Crippen LogP contribution in [0.25, 0.3) is 33.2 Å². The molecule has 4 aromatic heterocycles. The van der Waals surface area contributed by atoms with Crippen LogP contribution in [0.5, 0.6) is 0 Å². The minimum atomic E-state index is -0.555. The fourth-order valence-corrected chi connectivity index (χ4v) is 7.95. The molecule has 8 rings (SSSR count). The molecule has 61 heavy (non-hydrogen) atoms. The average Bonchev–Trinajstić information content (AvgIpc) is 3.24. The summed E-state index contributed by atoms with van der Waals surface area (Å²) in [6.07, 6.45) is 12.4. The summed E-state index contributed by atoms with van der Waals surface area (Å²) in [5, 5.41) is 10.3. The lowest BCUT2D eigenvalue weighted by atomic mass is 10.0. The number of nitrogens with two attached hydrogens (primary N) is 2. The number of amides is 3. The second-order valence-electron chi connectivity index (χ2n) is 17.3. The van der Waals surface area contributed by atoms with E-state index in [2.05, 4.69) is 71.9 Å². The third kappa shape index (κ3) is 10.7. The lowest BCUT2D eigenvalue weighted by Gasteiger charge is -2.34. The van der Waals surface area contributed by atoms with Crippen LogP contribution in [-0.2, 0) is 4.74 Å². The summed E-state index contributed by atoms with van der Waals surface area (Å²) in [5.74, 6) is 0.132. The Balaban J connectivity index is 0.000000189. The quantitative estimate of drug-likeness (QED) is 0.170. The number of likely N-dealkylation sites (N-methyl/N-ethyl adjacent to an activating group) is 2. The molecule has 0 saturated carbocycles. The molecule has 324 valence electrons. The predicted octanol–water partition coefficient (Wildman–Crippen LogP) is 3.66. The van der Waals surface area contributed by atoms with E-state index >= 15 is 0 Å². The minimum Gasteiger partial charge on any atom is -0.444 e. The minimum absolute atomic E-state index is 0.0376. The van der Waals surface area contributed by atoms with Crippen LogP contribution in [0, 0.1) is 0 Å². The van der Waals surface area contributed by atoms with Gasteiger partial charge < -0.3 is 46.9 Å². The fourth-order valence-electron chi connectivity index (χ4n) is 7.95. The van der Waals surface area contributed by atoms with Gasteiger partial charge in [-0.1, -0.05) is 12.2 Å². The average molecular weight is 835 g/mol. The van der Waals surface area contributed by atoms with Gasteiger partial charge in [-0.25, -0.2) is 34.7 Å². The first-order valence-corrected chi connectivity index (χ1v) is 21.1. The Morgan fingerprint density at radius 2 is 1.26 bits per heavy atom. The molecule has 0 unspecified atom stereocenters. The first-order valence-electron chi connectivity index (χ1n) is 21.1. The number of nitrogens with one attached hydrogen (secondary N) is 3. The summed E-state index contributed by atoms with van der Waals surface area (Å²) in [7, 11) is 4.15. The number of hydrogen-bond acceptors (Lipinski definition) is 15. The van der Waals surface area contributed by atoms with Gasteiger partial charge in [0.2, 0.25) is 0 Å². The number of nitrogens with zero attached hydrogens (tertiary/aromatic N) is 9. The number of primary amides is 2. The second-order valence-corrected chi connectivity index (χ2v) is 17.3. The van der Waals surface area contributed by atoms with Gasteiger partial charge in [0, 0.05) is 57.9 Å². The number of ether oxygens (including phenoxy) is 1. The van der Waals surface area contributed by atoms with Crippen molar-refractivity contribution in [3.05, 3.63) is 59.5 Å². The molecule has 7 N–H and O–H groups in total. The predicted molar refractivity (Wildman–Crippen MR) is 236 cm³/mol. The number of carbonyl (C=O) groups is 3. The molecule has 2 atom stereocenters. The number of piperidine rings is 2. The SMILES string of the molecule is CN1CC=C(c2cc(C(N)=O)c3ncnc(N[C@H]4CCCN(C(=O)OC(C)(C)C)C4)c3n2)CC1.CN1CC=C(c2cc(C(N)=O)c3ncnc(N[C@H]4CCCNC4)c3n2)CC1. The number of carbonyl (C=O) groups excluding carboxylic acids is 3. The van der Waals surface area contributed by atoms with Gasteiger partial charge in [0.15, 0.2) is 11.6 Å². The summed E-state index contributed by atoms with van der Waals surface area (Å²) in [6, 6.07) is 3.73. The number of rotatable bonds is 8. The van der Waals surface area contributed by atoms with Crippen molar-refractivity contribution in [2.75, 3.05) is 77.1 Å².